The fourth-order valence-corrected chi connectivity index (χ4v) is 3.42. The van der Waals surface area contributed by atoms with Gasteiger partial charge in [-0.3, -0.25) is 4.57 Å². The smallest absolute Gasteiger partial charge is 0.328 e. The molecule has 0 atom stereocenters. The molecule has 0 aliphatic heterocycles. The summed E-state index contributed by atoms with van der Waals surface area (Å²) >= 11 is 9.53. The molecule has 3 N–H and O–H groups in total. The van der Waals surface area contributed by atoms with Gasteiger partial charge >= 0.3 is 5.69 Å². The lowest BCUT2D eigenvalue weighted by Gasteiger charge is -2.17. The number of nitrogen functional groups attached to an aromatic ring is 1. The van der Waals surface area contributed by atoms with E-state index in [9.17, 15) is 4.79 Å². The van der Waals surface area contributed by atoms with Crippen molar-refractivity contribution in [3.63, 3.8) is 0 Å². The van der Waals surface area contributed by atoms with Crippen molar-refractivity contribution >= 4 is 44.6 Å². The molecule has 11 heteroatoms. The van der Waals surface area contributed by atoms with Crippen LogP contribution in [-0.2, 0) is 6.54 Å². The van der Waals surface area contributed by atoms with Gasteiger partial charge in [-0.15, -0.1) is 0 Å². The van der Waals surface area contributed by atoms with Crippen LogP contribution >= 0.6 is 27.5 Å². The van der Waals surface area contributed by atoms with Gasteiger partial charge in [0.15, 0.2) is 22.3 Å². The van der Waals surface area contributed by atoms with Gasteiger partial charge in [0.05, 0.1) is 32.3 Å². The zero-order valence-corrected chi connectivity index (χ0v) is 18.4. The Kier molecular flexibility index (Phi) is 7.14. The number of nitrogens with two attached hydrogens (primary N) is 1. The molecule has 0 saturated heterocycles. The molecule has 0 spiro atoms. The Morgan fingerprint density at radius 1 is 1.18 bits per heavy atom. The highest BCUT2D eigenvalue weighted by Gasteiger charge is 2.21. The predicted octanol–water partition coefficient (Wildman–Crippen LogP) is 3.22. The van der Waals surface area contributed by atoms with Crippen LogP contribution in [0.2, 0.25) is 5.15 Å². The number of imidazole rings is 1. The highest BCUT2D eigenvalue weighted by molar-refractivity contribution is 9.10. The van der Waals surface area contributed by atoms with Crippen molar-refractivity contribution in [1.29, 1.82) is 0 Å². The van der Waals surface area contributed by atoms with Gasteiger partial charge in [-0.2, -0.15) is 9.97 Å². The van der Waals surface area contributed by atoms with Gasteiger partial charge in [-0.1, -0.05) is 25.4 Å². The monoisotopic (exact) mass is 473 g/mol. The van der Waals surface area contributed by atoms with E-state index in [0.29, 0.717) is 38.4 Å². The van der Waals surface area contributed by atoms with E-state index in [0.717, 1.165) is 0 Å². The van der Waals surface area contributed by atoms with E-state index in [-0.39, 0.29) is 17.6 Å². The molecule has 2 heterocycles. The topological polar surface area (TPSA) is 117 Å². The number of rotatable bonds is 5. The van der Waals surface area contributed by atoms with Crippen molar-refractivity contribution in [3.8, 4) is 17.2 Å². The summed E-state index contributed by atoms with van der Waals surface area (Å²) in [6, 6.07) is 1.74. The lowest BCUT2D eigenvalue weighted by atomic mass is 10.1. The number of hydrogen-bond acceptors (Lipinski definition) is 7. The van der Waals surface area contributed by atoms with E-state index in [1.165, 1.54) is 25.9 Å². The Morgan fingerprint density at radius 3 is 2.39 bits per heavy atom. The number of halogens is 2. The molecule has 3 rings (SSSR count). The minimum absolute atomic E-state index is 0.0285. The molecule has 1 aromatic carbocycles. The fourth-order valence-electron chi connectivity index (χ4n) is 2.62. The molecule has 9 nitrogen and oxygen atoms in total. The minimum atomic E-state index is -0.401. The molecule has 3 aromatic rings. The molecule has 0 amide bonds. The summed E-state index contributed by atoms with van der Waals surface area (Å²) in [6.07, 6.45) is 0. The van der Waals surface area contributed by atoms with Crippen LogP contribution in [0.5, 0.6) is 17.2 Å². The van der Waals surface area contributed by atoms with Gasteiger partial charge in [0.25, 0.3) is 0 Å². The van der Waals surface area contributed by atoms with E-state index in [1.807, 2.05) is 13.8 Å². The molecular weight excluding hydrogens is 454 g/mol. The van der Waals surface area contributed by atoms with Crippen molar-refractivity contribution < 1.29 is 14.2 Å². The minimum Gasteiger partial charge on any atom is -0.493 e. The third-order valence-corrected chi connectivity index (χ3v) is 4.91. The van der Waals surface area contributed by atoms with E-state index >= 15 is 0 Å². The number of aromatic amines is 1. The molecule has 28 heavy (non-hydrogen) atoms. The Labute approximate surface area is 174 Å². The first kappa shape index (κ1) is 21.8. The molecule has 0 unspecified atom stereocenters. The second-order valence-electron chi connectivity index (χ2n) is 5.21. The number of aromatic nitrogens is 4. The largest absolute Gasteiger partial charge is 0.493 e. The van der Waals surface area contributed by atoms with Crippen LogP contribution < -0.4 is 25.6 Å². The van der Waals surface area contributed by atoms with Crippen LogP contribution in [-0.4, -0.2) is 40.8 Å². The zero-order valence-electron chi connectivity index (χ0n) is 16.1. The number of fused-ring (bicyclic) bond motifs is 1. The molecule has 0 radical (unpaired) electrons. The maximum atomic E-state index is 12.4. The number of nitrogens with one attached hydrogen (secondary N) is 1. The van der Waals surface area contributed by atoms with Crippen LogP contribution in [0.15, 0.2) is 15.3 Å². The summed E-state index contributed by atoms with van der Waals surface area (Å²) in [7, 11) is 4.54. The Bertz CT molecular complexity index is 1050. The second kappa shape index (κ2) is 9.16. The van der Waals surface area contributed by atoms with Gasteiger partial charge in [0.2, 0.25) is 11.7 Å². The number of methoxy groups -OCH3 is 3. The predicted molar refractivity (Wildman–Crippen MR) is 112 cm³/mol. The molecule has 152 valence electrons. The van der Waals surface area contributed by atoms with E-state index in [1.54, 1.807) is 6.07 Å². The quantitative estimate of drug-likeness (QED) is 0.545. The first-order valence-corrected chi connectivity index (χ1v) is 9.47. The van der Waals surface area contributed by atoms with Crippen LogP contribution in [0, 0.1) is 0 Å². The first-order chi connectivity index (χ1) is 13.4. The molecule has 0 aliphatic rings. The summed E-state index contributed by atoms with van der Waals surface area (Å²) in [5.74, 6) is 1.32. The third kappa shape index (κ3) is 3.88. The van der Waals surface area contributed by atoms with E-state index in [4.69, 9.17) is 31.5 Å². The van der Waals surface area contributed by atoms with E-state index < -0.39 is 5.69 Å². The maximum Gasteiger partial charge on any atom is 0.328 e. The Balaban J connectivity index is 0.00000136. The molecular formula is C17H21BrClN5O4. The Morgan fingerprint density at radius 2 is 1.82 bits per heavy atom. The zero-order chi connectivity index (χ0) is 21.0. The lowest BCUT2D eigenvalue weighted by molar-refractivity contribution is 0.322. The van der Waals surface area contributed by atoms with Crippen LogP contribution in [0.3, 0.4) is 0 Å². The summed E-state index contributed by atoms with van der Waals surface area (Å²) in [6.45, 7) is 4.16. The standard InChI is InChI=1S/C15H15BrClN5O4.C2H6/c1-24-7-4-6(8(16)11(26-3)10(7)25-2)5-22-13-9(19-15(22)23)12(17)20-14(18)21-13;1-2/h4H,5H2,1-3H3,(H,19,23)(H2,18,20,21);1-2H3. The number of anilines is 1. The maximum absolute atomic E-state index is 12.4. The number of ether oxygens (including phenoxy) is 3. The second-order valence-corrected chi connectivity index (χ2v) is 6.36. The summed E-state index contributed by atoms with van der Waals surface area (Å²) < 4.78 is 18.1. The highest BCUT2D eigenvalue weighted by Crippen LogP contribution is 2.45. The van der Waals surface area contributed by atoms with Crippen molar-refractivity contribution in [2.45, 2.75) is 20.4 Å². The normalized spacial score (nSPS) is 10.4. The van der Waals surface area contributed by atoms with Gasteiger partial charge in [0.1, 0.15) is 5.52 Å². The van der Waals surface area contributed by atoms with E-state index in [2.05, 4.69) is 30.9 Å². The molecule has 0 bridgehead atoms. The van der Waals surface area contributed by atoms with Crippen molar-refractivity contribution in [2.75, 3.05) is 27.1 Å². The third-order valence-electron chi connectivity index (χ3n) is 3.77. The van der Waals surface area contributed by atoms with Gasteiger partial charge < -0.3 is 24.9 Å². The molecule has 2 aromatic heterocycles. The summed E-state index contributed by atoms with van der Waals surface area (Å²) in [5, 5.41) is 0.0762. The van der Waals surface area contributed by atoms with Crippen LogP contribution in [0.25, 0.3) is 11.2 Å². The number of benzene rings is 1. The fraction of sp³-hybridized carbons (Fsp3) is 0.353. The number of nitrogens with zero attached hydrogens (tertiary/aromatic N) is 3. The Hall–Kier alpha value is -2.46. The first-order valence-electron chi connectivity index (χ1n) is 8.30. The average molecular weight is 475 g/mol. The SMILES string of the molecule is CC.COc1cc(Cn2c(=O)[nH]c3c(Cl)nc(N)nc32)c(Br)c(OC)c1OC. The molecule has 0 fully saturated rings. The highest BCUT2D eigenvalue weighted by atomic mass is 79.9. The van der Waals surface area contributed by atoms with Gasteiger partial charge in [-0.25, -0.2) is 4.79 Å². The average Bonchev–Trinajstić information content (AvgIpc) is 3.00. The number of H-pyrrole nitrogens is 1. The molecule has 0 aliphatic carbocycles. The van der Waals surface area contributed by atoms with Gasteiger partial charge in [-0.05, 0) is 27.6 Å². The lowest BCUT2D eigenvalue weighted by Crippen LogP contribution is -2.18. The van der Waals surface area contributed by atoms with Gasteiger partial charge in [0, 0.05) is 0 Å². The summed E-state index contributed by atoms with van der Waals surface area (Å²) in [4.78, 5) is 23.0. The van der Waals surface area contributed by atoms with Crippen molar-refractivity contribution in [1.82, 2.24) is 19.5 Å². The van der Waals surface area contributed by atoms with Crippen LogP contribution in [0.1, 0.15) is 19.4 Å². The van der Waals surface area contributed by atoms with Crippen molar-refractivity contribution in [2.24, 2.45) is 0 Å². The number of hydrogen-bond donors (Lipinski definition) is 2. The van der Waals surface area contributed by atoms with Crippen LogP contribution in [0.4, 0.5) is 5.95 Å². The van der Waals surface area contributed by atoms with Crippen molar-refractivity contribution in [3.05, 3.63) is 31.7 Å². The summed E-state index contributed by atoms with van der Waals surface area (Å²) in [5.41, 5.74) is 6.57. The molecule has 0 saturated carbocycles.